The molecule has 0 atom stereocenters. The van der Waals surface area contributed by atoms with E-state index >= 15 is 0 Å². The number of para-hydroxylation sites is 1. The number of aromatic amines is 1. The van der Waals surface area contributed by atoms with Gasteiger partial charge in [0.25, 0.3) is 0 Å². The Bertz CT molecular complexity index is 461. The number of rotatable bonds is 3. The molecule has 0 aliphatic carbocycles. The molecule has 0 fully saturated rings. The van der Waals surface area contributed by atoms with Gasteiger partial charge in [-0.05, 0) is 18.1 Å². The largest absolute Gasteiger partial charge is 0.360 e. The van der Waals surface area contributed by atoms with Crippen LogP contribution in [0, 0.1) is 0 Å². The van der Waals surface area contributed by atoms with Crippen molar-refractivity contribution in [2.45, 2.75) is 12.8 Å². The monoisotopic (exact) mass is 207 g/mol. The summed E-state index contributed by atoms with van der Waals surface area (Å²) in [7, 11) is 0. The molecule has 2 nitrogen and oxygen atoms in total. The summed E-state index contributed by atoms with van der Waals surface area (Å²) in [6.07, 6.45) is 4.17. The van der Waals surface area contributed by atoms with Crippen LogP contribution in [-0.2, 0) is 11.2 Å². The van der Waals surface area contributed by atoms with Crippen LogP contribution in [0.5, 0.6) is 0 Å². The first kappa shape index (κ1) is 9.28. The average Bonchev–Trinajstić information content (AvgIpc) is 2.60. The molecule has 0 unspecified atom stereocenters. The van der Waals surface area contributed by atoms with E-state index in [9.17, 15) is 4.79 Å². The molecule has 0 amide bonds. The summed E-state index contributed by atoms with van der Waals surface area (Å²) in [4.78, 5) is 13.4. The summed E-state index contributed by atoms with van der Waals surface area (Å²) < 4.78 is 0. The van der Waals surface area contributed by atoms with E-state index in [2.05, 4.69) is 4.98 Å². The van der Waals surface area contributed by atoms with Crippen molar-refractivity contribution in [3.63, 3.8) is 0 Å². The van der Waals surface area contributed by atoms with Crippen LogP contribution in [0.1, 0.15) is 12.0 Å². The highest BCUT2D eigenvalue weighted by Gasteiger charge is 2.04. The Balaban J connectivity index is 2.47. The number of fused-ring (bicyclic) bond motifs is 1. The lowest BCUT2D eigenvalue weighted by molar-refractivity contribution is -0.107. The number of aromatic nitrogens is 1. The molecule has 0 spiro atoms. The molecule has 0 saturated carbocycles. The fraction of sp³-hybridized carbons (Fsp3) is 0.182. The van der Waals surface area contributed by atoms with Gasteiger partial charge in [-0.15, -0.1) is 0 Å². The fourth-order valence-electron chi connectivity index (χ4n) is 1.60. The van der Waals surface area contributed by atoms with E-state index in [1.54, 1.807) is 0 Å². The molecule has 72 valence electrons. The minimum atomic E-state index is 0.555. The zero-order valence-electron chi connectivity index (χ0n) is 7.59. The van der Waals surface area contributed by atoms with Gasteiger partial charge in [0.05, 0.1) is 10.5 Å². The Hall–Kier alpha value is -1.28. The highest BCUT2D eigenvalue weighted by atomic mass is 35.5. The summed E-state index contributed by atoms with van der Waals surface area (Å²) in [5, 5.41) is 1.83. The molecule has 0 bridgehead atoms. The summed E-state index contributed by atoms with van der Waals surface area (Å²) in [6.45, 7) is 0. The van der Waals surface area contributed by atoms with E-state index in [0.717, 1.165) is 34.2 Å². The van der Waals surface area contributed by atoms with Crippen LogP contribution in [-0.4, -0.2) is 11.3 Å². The van der Waals surface area contributed by atoms with Gasteiger partial charge < -0.3 is 9.78 Å². The lowest BCUT2D eigenvalue weighted by Crippen LogP contribution is -1.83. The first-order valence-corrected chi connectivity index (χ1v) is 4.89. The van der Waals surface area contributed by atoms with E-state index in [-0.39, 0.29) is 0 Å². The van der Waals surface area contributed by atoms with Crippen molar-refractivity contribution in [1.82, 2.24) is 4.98 Å². The number of hydrogen-bond acceptors (Lipinski definition) is 1. The van der Waals surface area contributed by atoms with Crippen molar-refractivity contribution in [1.29, 1.82) is 0 Å². The standard InChI is InChI=1S/C11H10ClNO/c12-10-5-1-4-9-8(3-2-6-14)7-13-11(9)10/h1,4-7,13H,2-3H2. The van der Waals surface area contributed by atoms with Gasteiger partial charge in [0, 0.05) is 18.0 Å². The summed E-state index contributed by atoms with van der Waals surface area (Å²) in [6, 6.07) is 5.78. The smallest absolute Gasteiger partial charge is 0.120 e. The highest BCUT2D eigenvalue weighted by Crippen LogP contribution is 2.25. The van der Waals surface area contributed by atoms with Gasteiger partial charge in [-0.1, -0.05) is 23.7 Å². The average molecular weight is 208 g/mol. The zero-order chi connectivity index (χ0) is 9.97. The molecule has 0 aliphatic rings. The maximum Gasteiger partial charge on any atom is 0.120 e. The molecule has 1 heterocycles. The predicted octanol–water partition coefficient (Wildman–Crippen LogP) is 2.95. The van der Waals surface area contributed by atoms with E-state index in [1.165, 1.54) is 0 Å². The van der Waals surface area contributed by atoms with Crippen molar-refractivity contribution in [2.24, 2.45) is 0 Å². The van der Waals surface area contributed by atoms with E-state index in [4.69, 9.17) is 11.6 Å². The minimum absolute atomic E-state index is 0.555. The third-order valence-electron chi connectivity index (χ3n) is 2.28. The molecule has 0 saturated heterocycles. The molecule has 1 aromatic carbocycles. The minimum Gasteiger partial charge on any atom is -0.360 e. The molecule has 1 aromatic heterocycles. The van der Waals surface area contributed by atoms with Crippen LogP contribution in [0.15, 0.2) is 24.4 Å². The molecule has 14 heavy (non-hydrogen) atoms. The van der Waals surface area contributed by atoms with Gasteiger partial charge in [0.1, 0.15) is 6.29 Å². The van der Waals surface area contributed by atoms with Gasteiger partial charge >= 0.3 is 0 Å². The zero-order valence-corrected chi connectivity index (χ0v) is 8.34. The Morgan fingerprint density at radius 2 is 2.29 bits per heavy atom. The fourth-order valence-corrected chi connectivity index (χ4v) is 1.83. The Morgan fingerprint density at radius 3 is 3.07 bits per heavy atom. The second-order valence-corrected chi connectivity index (χ2v) is 3.59. The predicted molar refractivity (Wildman–Crippen MR) is 57.7 cm³/mol. The van der Waals surface area contributed by atoms with Crippen molar-refractivity contribution in [2.75, 3.05) is 0 Å². The van der Waals surface area contributed by atoms with E-state index in [0.29, 0.717) is 6.42 Å². The third kappa shape index (κ3) is 1.53. The summed E-state index contributed by atoms with van der Waals surface area (Å²) in [5.41, 5.74) is 2.10. The Morgan fingerprint density at radius 1 is 1.43 bits per heavy atom. The SMILES string of the molecule is O=CCCc1c[nH]c2c(Cl)cccc12. The van der Waals surface area contributed by atoms with Crippen LogP contribution in [0.2, 0.25) is 5.02 Å². The Labute approximate surface area is 86.9 Å². The van der Waals surface area contributed by atoms with Crippen LogP contribution >= 0.6 is 11.6 Å². The lowest BCUT2D eigenvalue weighted by Gasteiger charge is -1.95. The number of H-pyrrole nitrogens is 1. The summed E-state index contributed by atoms with van der Waals surface area (Å²) >= 11 is 6.00. The van der Waals surface area contributed by atoms with Crippen LogP contribution in [0.3, 0.4) is 0 Å². The van der Waals surface area contributed by atoms with E-state index in [1.807, 2.05) is 24.4 Å². The van der Waals surface area contributed by atoms with Crippen molar-refractivity contribution >= 4 is 28.8 Å². The van der Waals surface area contributed by atoms with Gasteiger partial charge in [0.2, 0.25) is 0 Å². The Kier molecular flexibility index (Phi) is 2.55. The number of benzene rings is 1. The summed E-state index contributed by atoms with van der Waals surface area (Å²) in [5.74, 6) is 0. The highest BCUT2D eigenvalue weighted by molar-refractivity contribution is 6.35. The molecule has 2 rings (SSSR count). The number of hydrogen-bond donors (Lipinski definition) is 1. The number of carbonyl (C=O) groups is 1. The molecule has 1 N–H and O–H groups in total. The number of nitrogens with one attached hydrogen (secondary N) is 1. The topological polar surface area (TPSA) is 32.9 Å². The molecular weight excluding hydrogens is 198 g/mol. The molecule has 0 aliphatic heterocycles. The second kappa shape index (κ2) is 3.84. The number of halogens is 1. The number of aldehydes is 1. The van der Waals surface area contributed by atoms with Crippen molar-refractivity contribution in [3.8, 4) is 0 Å². The second-order valence-electron chi connectivity index (χ2n) is 3.18. The van der Waals surface area contributed by atoms with Gasteiger partial charge in [0.15, 0.2) is 0 Å². The van der Waals surface area contributed by atoms with Gasteiger partial charge in [-0.25, -0.2) is 0 Å². The van der Waals surface area contributed by atoms with Crippen LogP contribution in [0.4, 0.5) is 0 Å². The quantitative estimate of drug-likeness (QED) is 0.772. The van der Waals surface area contributed by atoms with Crippen molar-refractivity contribution < 1.29 is 4.79 Å². The maximum absolute atomic E-state index is 10.3. The van der Waals surface area contributed by atoms with Crippen LogP contribution in [0.25, 0.3) is 10.9 Å². The normalized spacial score (nSPS) is 10.6. The van der Waals surface area contributed by atoms with Crippen LogP contribution < -0.4 is 0 Å². The molecule has 2 aromatic rings. The molecule has 0 radical (unpaired) electrons. The maximum atomic E-state index is 10.3. The van der Waals surface area contributed by atoms with E-state index < -0.39 is 0 Å². The molecule has 3 heteroatoms. The van der Waals surface area contributed by atoms with Gasteiger partial charge in [-0.3, -0.25) is 0 Å². The lowest BCUT2D eigenvalue weighted by atomic mass is 10.1. The number of aryl methyl sites for hydroxylation is 1. The van der Waals surface area contributed by atoms with Gasteiger partial charge in [-0.2, -0.15) is 0 Å². The van der Waals surface area contributed by atoms with Crippen molar-refractivity contribution in [3.05, 3.63) is 35.0 Å². The molecular formula is C11H10ClNO. The number of carbonyl (C=O) groups excluding carboxylic acids is 1. The first-order valence-electron chi connectivity index (χ1n) is 4.51. The first-order chi connectivity index (χ1) is 6.83. The third-order valence-corrected chi connectivity index (χ3v) is 2.60.